The standard InChI is InChI=1S/C32H53N7O/c1-8-12-26(18-17-25-15-16-25)29(24(7)33)22(5)23(6)30-34-19-28(37-30)27(14-11-13-21(4)9-2)38-32(40)31-35-20-36-39(31)10-3/h19-21,23,25-27,33H,8-18H2,1-7H3,(H,34,37)(H,38,40)/b29-22+,33-24?. The number of hydrogen-bond acceptors (Lipinski definition) is 5. The van der Waals surface area contributed by atoms with Gasteiger partial charge in [0.25, 0.3) is 5.91 Å². The molecular weight excluding hydrogens is 498 g/mol. The first-order valence-electron chi connectivity index (χ1n) is 15.7. The highest BCUT2D eigenvalue weighted by Crippen LogP contribution is 2.39. The number of carbonyl (C=O) groups is 1. The SMILES string of the molecule is CCCC(CCC1CC1)/C(C(C)=N)=C(\C)C(C)c1ncc(C(CCCC(C)CC)NC(=O)c2ncnn2CC)[nH]1. The van der Waals surface area contributed by atoms with E-state index in [1.807, 2.05) is 20.0 Å². The molecule has 0 aromatic carbocycles. The molecule has 1 amide bonds. The van der Waals surface area contributed by atoms with Gasteiger partial charge in [0, 0.05) is 18.2 Å². The van der Waals surface area contributed by atoms with Crippen LogP contribution < -0.4 is 5.32 Å². The lowest BCUT2D eigenvalue weighted by Crippen LogP contribution is -2.31. The maximum atomic E-state index is 13.2. The van der Waals surface area contributed by atoms with E-state index in [2.05, 4.69) is 55.0 Å². The van der Waals surface area contributed by atoms with Crippen molar-refractivity contribution >= 4 is 11.6 Å². The molecule has 8 nitrogen and oxygen atoms in total. The van der Waals surface area contributed by atoms with Crippen molar-refractivity contribution in [3.05, 3.63) is 41.0 Å². The second-order valence-corrected chi connectivity index (χ2v) is 12.0. The van der Waals surface area contributed by atoms with Crippen LogP contribution in [0, 0.1) is 23.2 Å². The van der Waals surface area contributed by atoms with E-state index in [0.717, 1.165) is 56.0 Å². The molecule has 4 unspecified atom stereocenters. The van der Waals surface area contributed by atoms with Crippen LogP contribution in [0.4, 0.5) is 0 Å². The summed E-state index contributed by atoms with van der Waals surface area (Å²) in [6.45, 7) is 15.6. The Bertz CT molecular complexity index is 1130. The van der Waals surface area contributed by atoms with Gasteiger partial charge in [-0.1, -0.05) is 71.8 Å². The third-order valence-corrected chi connectivity index (χ3v) is 8.85. The first-order valence-corrected chi connectivity index (χ1v) is 15.7. The highest BCUT2D eigenvalue weighted by Gasteiger charge is 2.27. The monoisotopic (exact) mass is 551 g/mol. The van der Waals surface area contributed by atoms with E-state index in [4.69, 9.17) is 10.4 Å². The maximum Gasteiger partial charge on any atom is 0.289 e. The predicted octanol–water partition coefficient (Wildman–Crippen LogP) is 7.77. The molecule has 0 aliphatic heterocycles. The molecule has 4 atom stereocenters. The summed E-state index contributed by atoms with van der Waals surface area (Å²) < 4.78 is 1.62. The number of rotatable bonds is 18. The number of allylic oxidation sites excluding steroid dienone is 2. The van der Waals surface area contributed by atoms with Crippen molar-refractivity contribution in [3.63, 3.8) is 0 Å². The molecule has 0 radical (unpaired) electrons. The number of aromatic amines is 1. The predicted molar refractivity (Wildman–Crippen MR) is 163 cm³/mol. The number of nitrogens with zero attached hydrogens (tertiary/aromatic N) is 4. The van der Waals surface area contributed by atoms with Crippen LogP contribution in [0.2, 0.25) is 0 Å². The van der Waals surface area contributed by atoms with Crippen LogP contribution in [0.3, 0.4) is 0 Å². The van der Waals surface area contributed by atoms with Crippen molar-refractivity contribution in [2.24, 2.45) is 17.8 Å². The van der Waals surface area contributed by atoms with E-state index in [1.54, 1.807) is 4.68 Å². The molecule has 2 aromatic heterocycles. The highest BCUT2D eigenvalue weighted by molar-refractivity contribution is 5.97. The minimum absolute atomic E-state index is 0.0592. The summed E-state index contributed by atoms with van der Waals surface area (Å²) in [6, 6.07) is -0.188. The Kier molecular flexibility index (Phi) is 12.1. The Morgan fingerprint density at radius 1 is 1.12 bits per heavy atom. The first-order chi connectivity index (χ1) is 19.2. The van der Waals surface area contributed by atoms with Crippen LogP contribution in [-0.4, -0.2) is 36.4 Å². The van der Waals surface area contributed by atoms with Crippen LogP contribution in [0.5, 0.6) is 0 Å². The number of amides is 1. The Balaban J connectivity index is 1.83. The molecule has 1 aliphatic rings. The Morgan fingerprint density at radius 3 is 2.50 bits per heavy atom. The molecular formula is C32H53N7O. The highest BCUT2D eigenvalue weighted by atomic mass is 16.2. The zero-order valence-electron chi connectivity index (χ0n) is 26.0. The van der Waals surface area contributed by atoms with E-state index >= 15 is 0 Å². The zero-order chi connectivity index (χ0) is 29.2. The Hall–Kier alpha value is -2.77. The minimum Gasteiger partial charge on any atom is -0.344 e. The van der Waals surface area contributed by atoms with Crippen LogP contribution >= 0.6 is 0 Å². The molecule has 1 fully saturated rings. The summed E-state index contributed by atoms with van der Waals surface area (Å²) in [5.74, 6) is 3.06. The number of nitrogens with one attached hydrogen (secondary N) is 3. The molecule has 0 saturated heterocycles. The van der Waals surface area contributed by atoms with Gasteiger partial charge >= 0.3 is 0 Å². The van der Waals surface area contributed by atoms with Gasteiger partial charge in [0.1, 0.15) is 12.2 Å². The van der Waals surface area contributed by atoms with Gasteiger partial charge in [-0.05, 0) is 69.8 Å². The van der Waals surface area contributed by atoms with E-state index in [9.17, 15) is 4.79 Å². The Labute approximate surface area is 241 Å². The van der Waals surface area contributed by atoms with Crippen molar-refractivity contribution in [1.82, 2.24) is 30.0 Å². The summed E-state index contributed by atoms with van der Waals surface area (Å²) in [6.07, 6.45) is 14.9. The van der Waals surface area contributed by atoms with Crippen molar-refractivity contribution in [2.45, 2.75) is 131 Å². The quantitative estimate of drug-likeness (QED) is 0.164. The first kappa shape index (κ1) is 31.8. The number of H-pyrrole nitrogens is 1. The molecule has 8 heteroatoms. The fourth-order valence-electron chi connectivity index (χ4n) is 5.81. The molecule has 3 N–H and O–H groups in total. The van der Waals surface area contributed by atoms with E-state index in [0.29, 0.717) is 29.9 Å². The number of hydrogen-bond donors (Lipinski definition) is 3. The summed E-state index contributed by atoms with van der Waals surface area (Å²) >= 11 is 0. The van der Waals surface area contributed by atoms with Crippen LogP contribution in [0.1, 0.15) is 147 Å². The number of carbonyl (C=O) groups excluding carboxylic acids is 1. The lowest BCUT2D eigenvalue weighted by Gasteiger charge is -2.25. The molecule has 0 bridgehead atoms. The number of imidazole rings is 1. The molecule has 1 aliphatic carbocycles. The second-order valence-electron chi connectivity index (χ2n) is 12.0. The molecule has 222 valence electrons. The third kappa shape index (κ3) is 8.61. The van der Waals surface area contributed by atoms with Gasteiger partial charge in [0.05, 0.1) is 17.9 Å². The van der Waals surface area contributed by atoms with E-state index < -0.39 is 0 Å². The summed E-state index contributed by atoms with van der Waals surface area (Å²) in [4.78, 5) is 25.8. The second kappa shape index (κ2) is 15.3. The normalized spacial score (nSPS) is 17.2. The van der Waals surface area contributed by atoms with Gasteiger partial charge in [0.2, 0.25) is 5.82 Å². The van der Waals surface area contributed by atoms with Crippen LogP contribution in [-0.2, 0) is 6.54 Å². The number of aromatic nitrogens is 5. The molecule has 2 heterocycles. The van der Waals surface area contributed by atoms with Crippen molar-refractivity contribution in [3.8, 4) is 0 Å². The number of aryl methyl sites for hydroxylation is 1. The fraction of sp³-hybridized carbons (Fsp3) is 0.719. The van der Waals surface area contributed by atoms with Crippen LogP contribution in [0.15, 0.2) is 23.7 Å². The minimum atomic E-state index is -0.215. The fourth-order valence-corrected chi connectivity index (χ4v) is 5.81. The third-order valence-electron chi connectivity index (χ3n) is 8.85. The lowest BCUT2D eigenvalue weighted by atomic mass is 9.81. The Morgan fingerprint density at radius 2 is 1.88 bits per heavy atom. The molecule has 3 rings (SSSR count). The molecule has 1 saturated carbocycles. The summed E-state index contributed by atoms with van der Waals surface area (Å²) in [5, 5.41) is 16.1. The van der Waals surface area contributed by atoms with Gasteiger partial charge in [-0.2, -0.15) is 5.10 Å². The summed E-state index contributed by atoms with van der Waals surface area (Å²) in [7, 11) is 0. The van der Waals surface area contributed by atoms with Gasteiger partial charge < -0.3 is 15.7 Å². The molecule has 40 heavy (non-hydrogen) atoms. The topological polar surface area (TPSA) is 112 Å². The summed E-state index contributed by atoms with van der Waals surface area (Å²) in [5.41, 5.74) is 4.04. The molecule has 2 aromatic rings. The van der Waals surface area contributed by atoms with Gasteiger partial charge in [-0.3, -0.25) is 4.79 Å². The van der Waals surface area contributed by atoms with Crippen molar-refractivity contribution in [2.75, 3.05) is 0 Å². The van der Waals surface area contributed by atoms with Gasteiger partial charge in [-0.15, -0.1) is 0 Å². The van der Waals surface area contributed by atoms with Gasteiger partial charge in [0.15, 0.2) is 0 Å². The van der Waals surface area contributed by atoms with Crippen LogP contribution in [0.25, 0.3) is 0 Å². The molecule has 0 spiro atoms. The maximum absolute atomic E-state index is 13.2. The zero-order valence-corrected chi connectivity index (χ0v) is 26.0. The van der Waals surface area contributed by atoms with Crippen molar-refractivity contribution in [1.29, 1.82) is 5.41 Å². The largest absolute Gasteiger partial charge is 0.344 e. The smallest absolute Gasteiger partial charge is 0.289 e. The average molecular weight is 552 g/mol. The van der Waals surface area contributed by atoms with Gasteiger partial charge in [-0.25, -0.2) is 14.6 Å². The average Bonchev–Trinajstić information content (AvgIpc) is 3.42. The van der Waals surface area contributed by atoms with E-state index in [-0.39, 0.29) is 17.9 Å². The van der Waals surface area contributed by atoms with E-state index in [1.165, 1.54) is 43.2 Å². The van der Waals surface area contributed by atoms with Crippen molar-refractivity contribution < 1.29 is 4.79 Å². The lowest BCUT2D eigenvalue weighted by molar-refractivity contribution is 0.0916.